The van der Waals surface area contributed by atoms with Crippen LogP contribution in [0.5, 0.6) is 5.75 Å². The second kappa shape index (κ2) is 6.24. The lowest BCUT2D eigenvalue weighted by Crippen LogP contribution is -2.30. The van der Waals surface area contributed by atoms with Crippen LogP contribution in [0.15, 0.2) is 40.8 Å². The van der Waals surface area contributed by atoms with Gasteiger partial charge in [0.15, 0.2) is 0 Å². The standard InChI is InChI=1S/C16H15NO3S2/c1-10-12(8-11-4-2-3-5-13(11)20-10)9-14-15(19)17(6-7-18)16(21)22-14/h2-5,8-10,18H,6-7H2,1H3/b14-9-. The van der Waals surface area contributed by atoms with E-state index in [1.807, 2.05) is 43.3 Å². The minimum Gasteiger partial charge on any atom is -0.485 e. The summed E-state index contributed by atoms with van der Waals surface area (Å²) in [6.45, 7) is 2.08. The number of rotatable bonds is 3. The van der Waals surface area contributed by atoms with Crippen molar-refractivity contribution in [3.8, 4) is 5.75 Å². The number of ether oxygens (including phenoxy) is 1. The minimum absolute atomic E-state index is 0.102. The van der Waals surface area contributed by atoms with Gasteiger partial charge in [-0.1, -0.05) is 42.2 Å². The number of fused-ring (bicyclic) bond motifs is 1. The Kier molecular flexibility index (Phi) is 4.33. The summed E-state index contributed by atoms with van der Waals surface area (Å²) < 4.78 is 6.35. The van der Waals surface area contributed by atoms with Gasteiger partial charge in [0.2, 0.25) is 0 Å². The van der Waals surface area contributed by atoms with Crippen LogP contribution in [0.2, 0.25) is 0 Å². The molecule has 2 aliphatic rings. The molecule has 0 spiro atoms. The Morgan fingerprint density at radius 2 is 2.23 bits per heavy atom. The van der Waals surface area contributed by atoms with Gasteiger partial charge in [-0.05, 0) is 30.7 Å². The molecule has 2 heterocycles. The zero-order valence-electron chi connectivity index (χ0n) is 12.0. The van der Waals surface area contributed by atoms with Crippen LogP contribution in [0.1, 0.15) is 12.5 Å². The summed E-state index contributed by atoms with van der Waals surface area (Å²) in [6, 6.07) is 7.79. The van der Waals surface area contributed by atoms with Gasteiger partial charge in [0.1, 0.15) is 16.2 Å². The van der Waals surface area contributed by atoms with Crippen molar-refractivity contribution < 1.29 is 14.6 Å². The number of para-hydroxylation sites is 1. The zero-order valence-corrected chi connectivity index (χ0v) is 13.6. The molecule has 0 bridgehead atoms. The van der Waals surface area contributed by atoms with Gasteiger partial charge in [-0.15, -0.1) is 0 Å². The molecule has 1 amide bonds. The van der Waals surface area contributed by atoms with Crippen molar-refractivity contribution in [2.75, 3.05) is 13.2 Å². The molecule has 1 saturated heterocycles. The van der Waals surface area contributed by atoms with Crippen molar-refractivity contribution in [2.24, 2.45) is 0 Å². The average molecular weight is 333 g/mol. The normalized spacial score (nSPS) is 22.6. The monoisotopic (exact) mass is 333 g/mol. The van der Waals surface area contributed by atoms with Gasteiger partial charge in [-0.3, -0.25) is 9.69 Å². The van der Waals surface area contributed by atoms with Crippen molar-refractivity contribution in [2.45, 2.75) is 13.0 Å². The SMILES string of the molecule is CC1Oc2ccccc2C=C1/C=C1\SC(=S)N(CCO)C1=O. The van der Waals surface area contributed by atoms with Gasteiger partial charge in [0, 0.05) is 5.56 Å². The van der Waals surface area contributed by atoms with Crippen LogP contribution in [0.3, 0.4) is 0 Å². The lowest BCUT2D eigenvalue weighted by Gasteiger charge is -2.23. The predicted molar refractivity (Wildman–Crippen MR) is 91.6 cm³/mol. The molecule has 0 radical (unpaired) electrons. The van der Waals surface area contributed by atoms with Crippen LogP contribution in [0.25, 0.3) is 6.08 Å². The maximum atomic E-state index is 12.3. The zero-order chi connectivity index (χ0) is 15.7. The van der Waals surface area contributed by atoms with E-state index in [-0.39, 0.29) is 25.2 Å². The first-order valence-corrected chi connectivity index (χ1v) is 8.16. The molecule has 0 aliphatic carbocycles. The summed E-state index contributed by atoms with van der Waals surface area (Å²) >= 11 is 6.45. The van der Waals surface area contributed by atoms with Crippen molar-refractivity contribution in [3.05, 3.63) is 46.4 Å². The Hall–Kier alpha value is -1.63. The molecular formula is C16H15NO3S2. The van der Waals surface area contributed by atoms with Crippen LogP contribution >= 0.6 is 24.0 Å². The van der Waals surface area contributed by atoms with Crippen molar-refractivity contribution in [1.82, 2.24) is 4.90 Å². The van der Waals surface area contributed by atoms with E-state index in [0.29, 0.717) is 9.23 Å². The molecule has 1 N–H and O–H groups in total. The lowest BCUT2D eigenvalue weighted by atomic mass is 10.0. The number of benzene rings is 1. The number of aliphatic hydroxyl groups excluding tert-OH is 1. The van der Waals surface area contributed by atoms with Gasteiger partial charge in [0.05, 0.1) is 18.1 Å². The van der Waals surface area contributed by atoms with Gasteiger partial charge in [-0.25, -0.2) is 0 Å². The molecule has 1 aromatic carbocycles. The molecular weight excluding hydrogens is 318 g/mol. The number of hydrogen-bond donors (Lipinski definition) is 1. The summed E-state index contributed by atoms with van der Waals surface area (Å²) in [7, 11) is 0. The molecule has 1 atom stereocenters. The summed E-state index contributed by atoms with van der Waals surface area (Å²) in [4.78, 5) is 14.3. The highest BCUT2D eigenvalue weighted by atomic mass is 32.2. The molecule has 0 saturated carbocycles. The second-order valence-electron chi connectivity index (χ2n) is 5.00. The fourth-order valence-corrected chi connectivity index (χ4v) is 3.67. The molecule has 4 nitrogen and oxygen atoms in total. The third-order valence-electron chi connectivity index (χ3n) is 3.51. The average Bonchev–Trinajstić information content (AvgIpc) is 2.76. The number of nitrogens with zero attached hydrogens (tertiary/aromatic N) is 1. The van der Waals surface area contributed by atoms with Gasteiger partial charge >= 0.3 is 0 Å². The smallest absolute Gasteiger partial charge is 0.266 e. The first-order chi connectivity index (χ1) is 10.6. The van der Waals surface area contributed by atoms with Gasteiger partial charge in [-0.2, -0.15) is 0 Å². The van der Waals surface area contributed by atoms with Crippen LogP contribution in [-0.2, 0) is 4.79 Å². The molecule has 0 aromatic heterocycles. The molecule has 22 heavy (non-hydrogen) atoms. The summed E-state index contributed by atoms with van der Waals surface area (Å²) in [5, 5.41) is 9.01. The van der Waals surface area contributed by atoms with E-state index in [9.17, 15) is 4.79 Å². The predicted octanol–water partition coefficient (Wildman–Crippen LogP) is 2.59. The number of β-amino-alcohol motifs (C(OH)–C–C–N with tert-alkyl or cyclic N) is 1. The van der Waals surface area contributed by atoms with E-state index >= 15 is 0 Å². The number of carbonyl (C=O) groups is 1. The molecule has 6 heteroatoms. The molecule has 114 valence electrons. The van der Waals surface area contributed by atoms with Crippen molar-refractivity contribution in [3.63, 3.8) is 0 Å². The highest BCUT2D eigenvalue weighted by Crippen LogP contribution is 2.35. The molecule has 3 rings (SSSR count). The van der Waals surface area contributed by atoms with Gasteiger partial charge in [0.25, 0.3) is 5.91 Å². The quantitative estimate of drug-likeness (QED) is 0.681. The Morgan fingerprint density at radius 3 is 3.00 bits per heavy atom. The van der Waals surface area contributed by atoms with Crippen LogP contribution in [-0.4, -0.2) is 39.5 Å². The maximum absolute atomic E-state index is 12.3. The highest BCUT2D eigenvalue weighted by molar-refractivity contribution is 8.26. The molecule has 1 unspecified atom stereocenters. The van der Waals surface area contributed by atoms with E-state index in [0.717, 1.165) is 16.9 Å². The van der Waals surface area contributed by atoms with Crippen molar-refractivity contribution in [1.29, 1.82) is 0 Å². The number of hydrogen-bond acceptors (Lipinski definition) is 5. The largest absolute Gasteiger partial charge is 0.485 e. The molecule has 2 aliphatic heterocycles. The maximum Gasteiger partial charge on any atom is 0.266 e. The number of thioether (sulfide) groups is 1. The Bertz CT molecular complexity index is 696. The molecule has 1 aromatic rings. The highest BCUT2D eigenvalue weighted by Gasteiger charge is 2.32. The third-order valence-corrected chi connectivity index (χ3v) is 4.89. The van der Waals surface area contributed by atoms with Crippen LogP contribution < -0.4 is 4.74 Å². The fourth-order valence-electron chi connectivity index (χ4n) is 2.37. The number of carbonyl (C=O) groups excluding carboxylic acids is 1. The molecule has 1 fully saturated rings. The lowest BCUT2D eigenvalue weighted by molar-refractivity contribution is -0.122. The summed E-state index contributed by atoms with van der Waals surface area (Å²) in [6.07, 6.45) is 3.73. The number of thiocarbonyl (C=S) groups is 1. The van der Waals surface area contributed by atoms with E-state index in [4.69, 9.17) is 22.1 Å². The first kappa shape index (κ1) is 15.3. The van der Waals surface area contributed by atoms with E-state index in [1.165, 1.54) is 16.7 Å². The fraction of sp³-hybridized carbons (Fsp3) is 0.250. The first-order valence-electron chi connectivity index (χ1n) is 6.93. The number of amides is 1. The summed E-state index contributed by atoms with van der Waals surface area (Å²) in [5.41, 5.74) is 1.93. The van der Waals surface area contributed by atoms with Crippen LogP contribution in [0.4, 0.5) is 0 Å². The third kappa shape index (κ3) is 2.82. The Labute approximate surface area is 138 Å². The van der Waals surface area contributed by atoms with Crippen LogP contribution in [0, 0.1) is 0 Å². The Balaban J connectivity index is 1.91. The topological polar surface area (TPSA) is 49.8 Å². The Morgan fingerprint density at radius 1 is 1.45 bits per heavy atom. The minimum atomic E-state index is -0.156. The summed E-state index contributed by atoms with van der Waals surface area (Å²) in [5.74, 6) is 0.691. The van der Waals surface area contributed by atoms with E-state index in [1.54, 1.807) is 0 Å². The van der Waals surface area contributed by atoms with Crippen molar-refractivity contribution >= 4 is 40.3 Å². The number of aliphatic hydroxyl groups is 1. The second-order valence-corrected chi connectivity index (χ2v) is 6.67. The van der Waals surface area contributed by atoms with E-state index in [2.05, 4.69) is 0 Å². The van der Waals surface area contributed by atoms with Gasteiger partial charge < -0.3 is 9.84 Å². The van der Waals surface area contributed by atoms with E-state index < -0.39 is 0 Å².